The second-order valence-electron chi connectivity index (χ2n) is 2.53. The number of hydrogen-bond donors (Lipinski definition) is 1. The lowest BCUT2D eigenvalue weighted by Gasteiger charge is -2.17. The van der Waals surface area contributed by atoms with E-state index < -0.39 is 24.6 Å². The molecule has 0 aromatic carbocycles. The first kappa shape index (κ1) is 10.5. The summed E-state index contributed by atoms with van der Waals surface area (Å²) in [5.74, 6) is -1.54. The summed E-state index contributed by atoms with van der Waals surface area (Å²) in [5, 5.41) is 11.5. The van der Waals surface area contributed by atoms with Gasteiger partial charge in [0.15, 0.2) is 6.04 Å². The second kappa shape index (κ2) is 3.64. The predicted molar refractivity (Wildman–Crippen MR) is 37.4 cm³/mol. The molecule has 0 bridgehead atoms. The molecule has 5 nitrogen and oxygen atoms in total. The van der Waals surface area contributed by atoms with Crippen molar-refractivity contribution >= 4 is 5.97 Å². The lowest BCUT2D eigenvalue weighted by Crippen LogP contribution is -2.29. The van der Waals surface area contributed by atoms with Crippen molar-refractivity contribution in [2.24, 2.45) is 0 Å². The van der Waals surface area contributed by atoms with Gasteiger partial charge in [-0.2, -0.15) is 18.3 Å². The number of carboxylic acid groups (broad SMARTS) is 1. The SMILES string of the molecule is O=C(O)CC(n1cncn1)C(F)(F)F. The minimum atomic E-state index is -4.65. The van der Waals surface area contributed by atoms with Crippen molar-refractivity contribution in [2.75, 3.05) is 0 Å². The molecule has 8 heteroatoms. The summed E-state index contributed by atoms with van der Waals surface area (Å²) in [6.45, 7) is 0. The van der Waals surface area contributed by atoms with Gasteiger partial charge in [0.2, 0.25) is 0 Å². The van der Waals surface area contributed by atoms with Crippen LogP contribution in [0.15, 0.2) is 12.7 Å². The van der Waals surface area contributed by atoms with Gasteiger partial charge >= 0.3 is 12.1 Å². The molecule has 1 heterocycles. The maximum absolute atomic E-state index is 12.3. The Bertz CT molecular complexity index is 309. The van der Waals surface area contributed by atoms with Crippen LogP contribution in [0.3, 0.4) is 0 Å². The minimum Gasteiger partial charge on any atom is -0.481 e. The molecule has 1 unspecified atom stereocenters. The van der Waals surface area contributed by atoms with E-state index >= 15 is 0 Å². The highest BCUT2D eigenvalue weighted by Gasteiger charge is 2.43. The van der Waals surface area contributed by atoms with Gasteiger partial charge in [-0.15, -0.1) is 0 Å². The van der Waals surface area contributed by atoms with Crippen LogP contribution in [0.1, 0.15) is 12.5 Å². The molecule has 0 aliphatic heterocycles. The highest BCUT2D eigenvalue weighted by molar-refractivity contribution is 5.67. The number of carboxylic acids is 1. The zero-order valence-corrected chi connectivity index (χ0v) is 6.77. The van der Waals surface area contributed by atoms with Crippen LogP contribution in [0.25, 0.3) is 0 Å². The lowest BCUT2D eigenvalue weighted by molar-refractivity contribution is -0.179. The second-order valence-corrected chi connectivity index (χ2v) is 2.53. The number of alkyl halides is 3. The highest BCUT2D eigenvalue weighted by atomic mass is 19.4. The van der Waals surface area contributed by atoms with Crippen LogP contribution in [0.2, 0.25) is 0 Å². The van der Waals surface area contributed by atoms with E-state index in [1.165, 1.54) is 0 Å². The predicted octanol–water partition coefficient (Wildman–Crippen LogP) is 0.856. The average Bonchev–Trinajstić information content (AvgIpc) is 2.49. The Hall–Kier alpha value is -1.60. The Morgan fingerprint density at radius 2 is 2.21 bits per heavy atom. The van der Waals surface area contributed by atoms with Crippen LogP contribution < -0.4 is 0 Å². The molecule has 0 aliphatic rings. The maximum Gasteiger partial charge on any atom is 0.411 e. The summed E-state index contributed by atoms with van der Waals surface area (Å²) >= 11 is 0. The zero-order chi connectivity index (χ0) is 10.8. The van der Waals surface area contributed by atoms with E-state index in [9.17, 15) is 18.0 Å². The lowest BCUT2D eigenvalue weighted by atomic mass is 10.2. The molecule has 0 saturated heterocycles. The first-order valence-electron chi connectivity index (χ1n) is 3.54. The molecule has 0 saturated carbocycles. The summed E-state index contributed by atoms with van der Waals surface area (Å²) in [7, 11) is 0. The topological polar surface area (TPSA) is 68.0 Å². The van der Waals surface area contributed by atoms with Crippen LogP contribution >= 0.6 is 0 Å². The smallest absolute Gasteiger partial charge is 0.411 e. The standard InChI is InChI=1S/C6H6F3N3O2/c7-6(8,9)4(1-5(13)14)12-3-10-2-11-12/h2-4H,1H2,(H,13,14). The van der Waals surface area contributed by atoms with E-state index in [2.05, 4.69) is 10.1 Å². The first-order valence-corrected chi connectivity index (χ1v) is 3.54. The van der Waals surface area contributed by atoms with Crippen molar-refractivity contribution in [3.8, 4) is 0 Å². The van der Waals surface area contributed by atoms with Crippen LogP contribution in [-0.4, -0.2) is 32.0 Å². The van der Waals surface area contributed by atoms with Crippen molar-refractivity contribution in [3.63, 3.8) is 0 Å². The average molecular weight is 209 g/mol. The Morgan fingerprint density at radius 1 is 1.57 bits per heavy atom. The fourth-order valence-electron chi connectivity index (χ4n) is 0.903. The van der Waals surface area contributed by atoms with E-state index in [1.807, 2.05) is 0 Å². The molecule has 78 valence electrons. The van der Waals surface area contributed by atoms with Crippen molar-refractivity contribution in [1.82, 2.24) is 14.8 Å². The molecule has 1 aromatic rings. The third-order valence-electron chi connectivity index (χ3n) is 1.50. The number of aromatic nitrogens is 3. The molecule has 0 spiro atoms. The Kier molecular flexibility index (Phi) is 2.73. The van der Waals surface area contributed by atoms with Crippen molar-refractivity contribution in [1.29, 1.82) is 0 Å². The minimum absolute atomic E-state index is 0.480. The number of hydrogen-bond acceptors (Lipinski definition) is 3. The number of carbonyl (C=O) groups is 1. The summed E-state index contributed by atoms with van der Waals surface area (Å²) in [6.07, 6.45) is -3.96. The van der Waals surface area contributed by atoms with Crippen molar-refractivity contribution in [3.05, 3.63) is 12.7 Å². The fourth-order valence-corrected chi connectivity index (χ4v) is 0.903. The molecule has 1 rings (SSSR count). The van der Waals surface area contributed by atoms with Gasteiger partial charge in [-0.25, -0.2) is 9.67 Å². The maximum atomic E-state index is 12.3. The quantitative estimate of drug-likeness (QED) is 0.801. The zero-order valence-electron chi connectivity index (χ0n) is 6.77. The molecule has 14 heavy (non-hydrogen) atoms. The van der Waals surface area contributed by atoms with Gasteiger partial charge in [-0.05, 0) is 0 Å². The van der Waals surface area contributed by atoms with Crippen molar-refractivity contribution < 1.29 is 23.1 Å². The van der Waals surface area contributed by atoms with Crippen LogP contribution in [0.4, 0.5) is 13.2 Å². The van der Waals surface area contributed by atoms with Crippen LogP contribution in [0.5, 0.6) is 0 Å². The van der Waals surface area contributed by atoms with Crippen molar-refractivity contribution in [2.45, 2.75) is 18.6 Å². The van der Waals surface area contributed by atoms with E-state index in [1.54, 1.807) is 0 Å². The molecule has 1 atom stereocenters. The van der Waals surface area contributed by atoms with Gasteiger partial charge in [0.05, 0.1) is 6.42 Å². The van der Waals surface area contributed by atoms with Gasteiger partial charge in [-0.1, -0.05) is 0 Å². The van der Waals surface area contributed by atoms with E-state index in [0.29, 0.717) is 4.68 Å². The number of rotatable bonds is 3. The van der Waals surface area contributed by atoms with Gasteiger partial charge < -0.3 is 5.11 Å². The highest BCUT2D eigenvalue weighted by Crippen LogP contribution is 2.32. The van der Waals surface area contributed by atoms with Gasteiger partial charge in [0.1, 0.15) is 12.7 Å². The number of aliphatic carboxylic acids is 1. The molecule has 0 fully saturated rings. The summed E-state index contributed by atoms with van der Waals surface area (Å²) < 4.78 is 37.4. The number of nitrogens with zero attached hydrogens (tertiary/aromatic N) is 3. The van der Waals surface area contributed by atoms with Gasteiger partial charge in [0.25, 0.3) is 0 Å². The fraction of sp³-hybridized carbons (Fsp3) is 0.500. The first-order chi connectivity index (χ1) is 6.41. The molecule has 0 amide bonds. The normalized spacial score (nSPS) is 13.9. The Morgan fingerprint density at radius 3 is 2.57 bits per heavy atom. The third-order valence-corrected chi connectivity index (χ3v) is 1.50. The monoisotopic (exact) mass is 209 g/mol. The van der Waals surface area contributed by atoms with E-state index in [-0.39, 0.29) is 0 Å². The summed E-state index contributed by atoms with van der Waals surface area (Å²) in [4.78, 5) is 13.5. The number of halogens is 3. The van der Waals surface area contributed by atoms with Crippen LogP contribution in [-0.2, 0) is 4.79 Å². The van der Waals surface area contributed by atoms with E-state index in [4.69, 9.17) is 5.11 Å². The molecule has 1 N–H and O–H groups in total. The van der Waals surface area contributed by atoms with Gasteiger partial charge in [0, 0.05) is 0 Å². The largest absolute Gasteiger partial charge is 0.481 e. The molecular weight excluding hydrogens is 203 g/mol. The van der Waals surface area contributed by atoms with Gasteiger partial charge in [-0.3, -0.25) is 4.79 Å². The molecule has 1 aromatic heterocycles. The third kappa shape index (κ3) is 2.44. The van der Waals surface area contributed by atoms with Crippen LogP contribution in [0, 0.1) is 0 Å². The Labute approximate surface area is 76.2 Å². The molecular formula is C6H6F3N3O2. The van der Waals surface area contributed by atoms with E-state index in [0.717, 1.165) is 12.7 Å². The summed E-state index contributed by atoms with van der Waals surface area (Å²) in [6, 6.07) is -2.16. The Balaban J connectivity index is 2.89. The molecule has 0 radical (unpaired) electrons. The summed E-state index contributed by atoms with van der Waals surface area (Å²) in [5.41, 5.74) is 0. The molecule has 0 aliphatic carbocycles.